The Labute approximate surface area is 128 Å². The van der Waals surface area contributed by atoms with Crippen LogP contribution in [0.25, 0.3) is 11.1 Å². The SMILES string of the molecule is COc1cc(C2CCCN2)c(-c2cnn(C)c2)cc1[N+](=O)[O-]. The van der Waals surface area contributed by atoms with E-state index in [2.05, 4.69) is 10.4 Å². The summed E-state index contributed by atoms with van der Waals surface area (Å²) in [5.41, 5.74) is 2.70. The zero-order valence-corrected chi connectivity index (χ0v) is 12.6. The maximum atomic E-state index is 11.3. The monoisotopic (exact) mass is 302 g/mol. The van der Waals surface area contributed by atoms with Crippen LogP contribution in [-0.2, 0) is 7.05 Å². The van der Waals surface area contributed by atoms with Crippen LogP contribution in [0.3, 0.4) is 0 Å². The Hall–Kier alpha value is -2.41. The van der Waals surface area contributed by atoms with Crippen molar-refractivity contribution in [2.75, 3.05) is 13.7 Å². The van der Waals surface area contributed by atoms with E-state index in [1.165, 1.54) is 7.11 Å². The standard InChI is InChI=1S/C15H18N4O3/c1-18-9-10(8-17-18)11-6-14(19(20)21)15(22-2)7-12(11)13-4-3-5-16-13/h6-9,13,16H,3-5H2,1-2H3. The number of aryl methyl sites for hydroxylation is 1. The molecule has 1 aromatic carbocycles. The summed E-state index contributed by atoms with van der Waals surface area (Å²) in [5.74, 6) is 0.293. The summed E-state index contributed by atoms with van der Waals surface area (Å²) in [5, 5.41) is 18.9. The molecular weight excluding hydrogens is 284 g/mol. The Bertz CT molecular complexity index is 705. The fourth-order valence-corrected chi connectivity index (χ4v) is 2.94. The fraction of sp³-hybridized carbons (Fsp3) is 0.400. The predicted molar refractivity (Wildman–Crippen MR) is 81.8 cm³/mol. The van der Waals surface area contributed by atoms with Gasteiger partial charge in [-0.2, -0.15) is 5.10 Å². The number of nitro benzene ring substituents is 1. The smallest absolute Gasteiger partial charge is 0.311 e. The number of hydrogen-bond acceptors (Lipinski definition) is 5. The molecule has 3 rings (SSSR count). The second-order valence-corrected chi connectivity index (χ2v) is 5.42. The Morgan fingerprint density at radius 3 is 2.86 bits per heavy atom. The molecule has 1 aliphatic rings. The van der Waals surface area contributed by atoms with Gasteiger partial charge in [-0.15, -0.1) is 0 Å². The molecule has 2 aromatic rings. The van der Waals surface area contributed by atoms with Crippen LogP contribution in [-0.4, -0.2) is 28.4 Å². The van der Waals surface area contributed by atoms with Crippen LogP contribution in [0.1, 0.15) is 24.4 Å². The minimum Gasteiger partial charge on any atom is -0.490 e. The van der Waals surface area contributed by atoms with Gasteiger partial charge in [-0.25, -0.2) is 0 Å². The van der Waals surface area contributed by atoms with Crippen LogP contribution >= 0.6 is 0 Å². The van der Waals surface area contributed by atoms with Gasteiger partial charge in [0, 0.05) is 30.9 Å². The van der Waals surface area contributed by atoms with Gasteiger partial charge in [-0.05, 0) is 36.6 Å². The van der Waals surface area contributed by atoms with Crippen molar-refractivity contribution in [1.29, 1.82) is 0 Å². The Balaban J connectivity index is 2.19. The molecule has 0 radical (unpaired) electrons. The van der Waals surface area contributed by atoms with E-state index in [0.717, 1.165) is 36.1 Å². The first-order chi connectivity index (χ1) is 10.6. The molecule has 1 atom stereocenters. The number of nitrogens with one attached hydrogen (secondary N) is 1. The molecule has 2 heterocycles. The fourth-order valence-electron chi connectivity index (χ4n) is 2.94. The van der Waals surface area contributed by atoms with Crippen molar-refractivity contribution in [1.82, 2.24) is 15.1 Å². The Kier molecular flexibility index (Phi) is 3.81. The van der Waals surface area contributed by atoms with Crippen molar-refractivity contribution in [3.8, 4) is 16.9 Å². The van der Waals surface area contributed by atoms with Crippen LogP contribution < -0.4 is 10.1 Å². The van der Waals surface area contributed by atoms with E-state index in [0.29, 0.717) is 5.75 Å². The highest BCUT2D eigenvalue weighted by Crippen LogP contribution is 2.40. The van der Waals surface area contributed by atoms with Crippen molar-refractivity contribution < 1.29 is 9.66 Å². The molecular formula is C15H18N4O3. The van der Waals surface area contributed by atoms with Crippen LogP contribution in [0.4, 0.5) is 5.69 Å². The normalized spacial score (nSPS) is 17.6. The van der Waals surface area contributed by atoms with E-state index in [9.17, 15) is 10.1 Å². The lowest BCUT2D eigenvalue weighted by Crippen LogP contribution is -2.14. The van der Waals surface area contributed by atoms with E-state index in [1.807, 2.05) is 13.2 Å². The maximum absolute atomic E-state index is 11.3. The Morgan fingerprint density at radius 2 is 2.32 bits per heavy atom. The van der Waals surface area contributed by atoms with E-state index in [1.54, 1.807) is 23.0 Å². The van der Waals surface area contributed by atoms with Gasteiger partial charge in [0.15, 0.2) is 5.75 Å². The quantitative estimate of drug-likeness (QED) is 0.693. The molecule has 1 N–H and O–H groups in total. The lowest BCUT2D eigenvalue weighted by Gasteiger charge is -2.16. The van der Waals surface area contributed by atoms with Crippen molar-refractivity contribution in [2.24, 2.45) is 7.05 Å². The third kappa shape index (κ3) is 2.55. The molecule has 1 saturated heterocycles. The first kappa shape index (κ1) is 14.5. The van der Waals surface area contributed by atoms with Crippen molar-refractivity contribution in [2.45, 2.75) is 18.9 Å². The van der Waals surface area contributed by atoms with Gasteiger partial charge >= 0.3 is 5.69 Å². The second-order valence-electron chi connectivity index (χ2n) is 5.42. The van der Waals surface area contributed by atoms with E-state index in [-0.39, 0.29) is 11.7 Å². The van der Waals surface area contributed by atoms with Crippen molar-refractivity contribution in [3.05, 3.63) is 40.2 Å². The number of benzene rings is 1. The lowest BCUT2D eigenvalue weighted by atomic mass is 9.94. The predicted octanol–water partition coefficient (Wildman–Crippen LogP) is 2.43. The summed E-state index contributed by atoms with van der Waals surface area (Å²) in [4.78, 5) is 10.9. The lowest BCUT2D eigenvalue weighted by molar-refractivity contribution is -0.385. The highest BCUT2D eigenvalue weighted by atomic mass is 16.6. The molecule has 1 fully saturated rings. The van der Waals surface area contributed by atoms with E-state index in [4.69, 9.17) is 4.74 Å². The highest BCUT2D eigenvalue weighted by molar-refractivity contribution is 5.72. The van der Waals surface area contributed by atoms with Gasteiger partial charge in [0.1, 0.15) is 0 Å². The van der Waals surface area contributed by atoms with E-state index >= 15 is 0 Å². The molecule has 0 aliphatic carbocycles. The minimum absolute atomic E-state index is 0.0249. The molecule has 0 saturated carbocycles. The largest absolute Gasteiger partial charge is 0.490 e. The van der Waals surface area contributed by atoms with Crippen LogP contribution in [0, 0.1) is 10.1 Å². The summed E-state index contributed by atoms with van der Waals surface area (Å²) in [7, 11) is 3.28. The molecule has 7 heteroatoms. The van der Waals surface area contributed by atoms with Crippen molar-refractivity contribution >= 4 is 5.69 Å². The average molecular weight is 302 g/mol. The third-order valence-corrected chi connectivity index (χ3v) is 4.00. The zero-order valence-electron chi connectivity index (χ0n) is 12.6. The summed E-state index contributed by atoms with van der Waals surface area (Å²) in [6.07, 6.45) is 5.69. The number of methoxy groups -OCH3 is 1. The van der Waals surface area contributed by atoms with Gasteiger partial charge in [-0.1, -0.05) is 0 Å². The topological polar surface area (TPSA) is 82.2 Å². The first-order valence-corrected chi connectivity index (χ1v) is 7.19. The van der Waals surface area contributed by atoms with Gasteiger partial charge in [-0.3, -0.25) is 14.8 Å². The average Bonchev–Trinajstić information content (AvgIpc) is 3.17. The summed E-state index contributed by atoms with van der Waals surface area (Å²) >= 11 is 0. The van der Waals surface area contributed by atoms with Gasteiger partial charge in [0.25, 0.3) is 0 Å². The number of nitrogens with zero attached hydrogens (tertiary/aromatic N) is 3. The number of rotatable bonds is 4. The zero-order chi connectivity index (χ0) is 15.7. The van der Waals surface area contributed by atoms with Gasteiger partial charge < -0.3 is 10.1 Å². The van der Waals surface area contributed by atoms with Crippen molar-refractivity contribution in [3.63, 3.8) is 0 Å². The first-order valence-electron chi connectivity index (χ1n) is 7.19. The number of nitro groups is 1. The van der Waals surface area contributed by atoms with E-state index < -0.39 is 4.92 Å². The summed E-state index contributed by atoms with van der Waals surface area (Å²) < 4.78 is 6.90. The molecule has 1 aliphatic heterocycles. The molecule has 22 heavy (non-hydrogen) atoms. The van der Waals surface area contributed by atoms with Crippen LogP contribution in [0.15, 0.2) is 24.5 Å². The number of aromatic nitrogens is 2. The molecule has 1 aromatic heterocycles. The third-order valence-electron chi connectivity index (χ3n) is 4.00. The molecule has 0 amide bonds. The molecule has 0 spiro atoms. The van der Waals surface area contributed by atoms with Gasteiger partial charge in [0.2, 0.25) is 0 Å². The molecule has 0 bridgehead atoms. The molecule has 1 unspecified atom stereocenters. The second kappa shape index (κ2) is 5.76. The maximum Gasteiger partial charge on any atom is 0.311 e. The van der Waals surface area contributed by atoms with Crippen LogP contribution in [0.2, 0.25) is 0 Å². The summed E-state index contributed by atoms with van der Waals surface area (Å²) in [6, 6.07) is 3.55. The van der Waals surface area contributed by atoms with Gasteiger partial charge in [0.05, 0.1) is 18.2 Å². The molecule has 116 valence electrons. The summed E-state index contributed by atoms with van der Waals surface area (Å²) in [6.45, 7) is 0.955. The number of hydrogen-bond donors (Lipinski definition) is 1. The molecule has 7 nitrogen and oxygen atoms in total. The highest BCUT2D eigenvalue weighted by Gasteiger charge is 2.26. The number of ether oxygens (including phenoxy) is 1. The van der Waals surface area contributed by atoms with Crippen LogP contribution in [0.5, 0.6) is 5.75 Å². The Morgan fingerprint density at radius 1 is 1.50 bits per heavy atom. The minimum atomic E-state index is -0.412.